The van der Waals surface area contributed by atoms with Gasteiger partial charge < -0.3 is 20.9 Å². The van der Waals surface area contributed by atoms with E-state index in [9.17, 15) is 9.18 Å². The summed E-state index contributed by atoms with van der Waals surface area (Å²) >= 11 is 5.89. The van der Waals surface area contributed by atoms with Crippen LogP contribution in [0.5, 0.6) is 0 Å². The number of anilines is 2. The minimum absolute atomic E-state index is 0.122. The van der Waals surface area contributed by atoms with Gasteiger partial charge in [-0.2, -0.15) is 0 Å². The highest BCUT2D eigenvalue weighted by molar-refractivity contribution is 6.31. The van der Waals surface area contributed by atoms with Gasteiger partial charge in [0.1, 0.15) is 5.84 Å². The number of benzene rings is 1. The van der Waals surface area contributed by atoms with Crippen LogP contribution in [0.25, 0.3) is 5.57 Å². The number of rotatable bonds is 7. The normalized spacial score (nSPS) is 19.0. The number of amides is 2. The highest BCUT2D eigenvalue weighted by atomic mass is 35.5. The van der Waals surface area contributed by atoms with Crippen molar-refractivity contribution in [3.05, 3.63) is 77.8 Å². The van der Waals surface area contributed by atoms with Gasteiger partial charge in [-0.1, -0.05) is 30.3 Å². The van der Waals surface area contributed by atoms with E-state index >= 15 is 0 Å². The second kappa shape index (κ2) is 11.8. The number of halogens is 2. The summed E-state index contributed by atoms with van der Waals surface area (Å²) in [5, 5.41) is 9.56. The number of nitrogens with zero attached hydrogens (tertiary/aromatic N) is 4. The lowest BCUT2D eigenvalue weighted by atomic mass is 9.98. The number of aromatic nitrogens is 2. The zero-order valence-electron chi connectivity index (χ0n) is 20.1. The number of carbonyl (C=O) groups excluding carboxylic acids is 1. The zero-order chi connectivity index (χ0) is 25.5. The van der Waals surface area contributed by atoms with Crippen molar-refractivity contribution in [2.24, 2.45) is 10.9 Å². The van der Waals surface area contributed by atoms with Crippen LogP contribution in [-0.2, 0) is 0 Å². The maximum Gasteiger partial charge on any atom is 0.321 e. The van der Waals surface area contributed by atoms with Gasteiger partial charge in [0, 0.05) is 49.7 Å². The maximum atomic E-state index is 14.5. The molecule has 1 saturated heterocycles. The van der Waals surface area contributed by atoms with Crippen LogP contribution in [0, 0.1) is 18.7 Å². The molecule has 1 aromatic carbocycles. The smallest absolute Gasteiger partial charge is 0.321 e. The fourth-order valence-corrected chi connectivity index (χ4v) is 4.15. The number of aliphatic imine (C=N–C) groups is 1. The highest BCUT2D eigenvalue weighted by Gasteiger charge is 2.24. The molecule has 10 heteroatoms. The molecule has 0 saturated carbocycles. The van der Waals surface area contributed by atoms with Gasteiger partial charge in [0.05, 0.1) is 11.2 Å². The zero-order valence-corrected chi connectivity index (χ0v) is 20.9. The molecule has 1 aromatic heterocycles. The van der Waals surface area contributed by atoms with Crippen LogP contribution in [0.2, 0.25) is 0 Å². The second-order valence-electron chi connectivity index (χ2n) is 8.81. The molecule has 3 N–H and O–H groups in total. The Morgan fingerprint density at radius 2 is 2.31 bits per heavy atom. The molecule has 188 valence electrons. The van der Waals surface area contributed by atoms with Crippen LogP contribution in [0.3, 0.4) is 0 Å². The van der Waals surface area contributed by atoms with E-state index in [2.05, 4.69) is 37.5 Å². The number of likely N-dealkylation sites (tertiary alicyclic amines) is 1. The third kappa shape index (κ3) is 6.69. The molecule has 36 heavy (non-hydrogen) atoms. The first-order valence-electron chi connectivity index (χ1n) is 11.8. The molecule has 2 aliphatic heterocycles. The van der Waals surface area contributed by atoms with E-state index in [0.717, 1.165) is 35.9 Å². The third-order valence-electron chi connectivity index (χ3n) is 5.97. The highest BCUT2D eigenvalue weighted by Crippen LogP contribution is 2.23. The summed E-state index contributed by atoms with van der Waals surface area (Å²) in [5.74, 6) is 0.885. The largest absolute Gasteiger partial charge is 0.367 e. The fourth-order valence-electron chi connectivity index (χ4n) is 4.10. The van der Waals surface area contributed by atoms with Gasteiger partial charge in [0.15, 0.2) is 17.5 Å². The van der Waals surface area contributed by atoms with Crippen LogP contribution in [0.4, 0.5) is 20.7 Å². The molecule has 4 rings (SSSR count). The molecule has 1 fully saturated rings. The summed E-state index contributed by atoms with van der Waals surface area (Å²) in [5.41, 5.74) is 2.65. The standard InChI is InChI=1S/C26H29ClFN7O/c1-3-20(27)14-30-23-11-19(13-29-23)24-32-15-22(28)25(34-24)31-12-18-7-5-9-35(16-18)26(36)33-21-8-4-6-17(2)10-21/h3-4,6,8,10,13-15,18H,1,5,7,9,11-12,16H2,2H3,(H,29,30)(H,33,36)(H,31,32,34)/b20-14+/t18-/m1/s1. The quantitative estimate of drug-likeness (QED) is 0.441. The lowest BCUT2D eigenvalue weighted by molar-refractivity contribution is 0.180. The van der Waals surface area contributed by atoms with Crippen LogP contribution in [0.1, 0.15) is 30.7 Å². The number of nitrogens with one attached hydrogen (secondary N) is 3. The van der Waals surface area contributed by atoms with Crippen LogP contribution in [0.15, 0.2) is 65.5 Å². The molecule has 2 aliphatic rings. The summed E-state index contributed by atoms with van der Waals surface area (Å²) in [6.07, 6.45) is 8.21. The van der Waals surface area contributed by atoms with Gasteiger partial charge in [-0.05, 0) is 49.5 Å². The summed E-state index contributed by atoms with van der Waals surface area (Å²) in [7, 11) is 0. The third-order valence-corrected chi connectivity index (χ3v) is 6.23. The number of hydrogen-bond donors (Lipinski definition) is 3. The maximum absolute atomic E-state index is 14.5. The molecule has 8 nitrogen and oxygen atoms in total. The number of hydrogen-bond acceptors (Lipinski definition) is 5. The van der Waals surface area contributed by atoms with Crippen molar-refractivity contribution >= 4 is 40.5 Å². The van der Waals surface area contributed by atoms with Gasteiger partial charge in [0.2, 0.25) is 0 Å². The van der Waals surface area contributed by atoms with E-state index in [1.807, 2.05) is 36.1 Å². The van der Waals surface area contributed by atoms with Gasteiger partial charge in [0.25, 0.3) is 0 Å². The molecule has 0 unspecified atom stereocenters. The molecule has 2 amide bonds. The van der Waals surface area contributed by atoms with Crippen LogP contribution >= 0.6 is 11.6 Å². The van der Waals surface area contributed by atoms with Crippen molar-refractivity contribution in [1.82, 2.24) is 20.2 Å². The number of piperidine rings is 1. The predicted octanol–water partition coefficient (Wildman–Crippen LogP) is 5.28. The Kier molecular flexibility index (Phi) is 8.32. The first-order chi connectivity index (χ1) is 17.4. The summed E-state index contributed by atoms with van der Waals surface area (Å²) in [6.45, 7) is 7.34. The minimum Gasteiger partial charge on any atom is -0.367 e. The summed E-state index contributed by atoms with van der Waals surface area (Å²) in [6, 6.07) is 7.59. The molecule has 2 aromatic rings. The predicted molar refractivity (Wildman–Crippen MR) is 142 cm³/mol. The van der Waals surface area contributed by atoms with Gasteiger partial charge in [-0.25, -0.2) is 24.1 Å². The molecule has 0 spiro atoms. The molecule has 3 heterocycles. The minimum atomic E-state index is -0.523. The molecular weight excluding hydrogens is 481 g/mol. The number of urea groups is 1. The number of amidine groups is 1. The Morgan fingerprint density at radius 3 is 3.11 bits per heavy atom. The van der Waals surface area contributed by atoms with E-state index in [1.54, 1.807) is 6.20 Å². The molecule has 0 radical (unpaired) electrons. The Morgan fingerprint density at radius 1 is 1.44 bits per heavy atom. The van der Waals surface area contributed by atoms with Crippen molar-refractivity contribution in [3.8, 4) is 0 Å². The fraction of sp³-hybridized carbons (Fsp3) is 0.308. The molecule has 0 bridgehead atoms. The molecule has 0 aliphatic carbocycles. The first kappa shape index (κ1) is 25.4. The van der Waals surface area contributed by atoms with Crippen LogP contribution in [-0.4, -0.2) is 46.4 Å². The van der Waals surface area contributed by atoms with Crippen molar-refractivity contribution in [3.63, 3.8) is 0 Å². The Bertz CT molecular complexity index is 1230. The lowest BCUT2D eigenvalue weighted by Crippen LogP contribution is -2.44. The Balaban J connectivity index is 1.34. The number of carbonyl (C=O) groups is 1. The average molecular weight is 510 g/mol. The van der Waals surface area contributed by atoms with Gasteiger partial charge >= 0.3 is 6.03 Å². The van der Waals surface area contributed by atoms with Crippen molar-refractivity contribution < 1.29 is 9.18 Å². The van der Waals surface area contributed by atoms with Crippen molar-refractivity contribution in [2.45, 2.75) is 26.2 Å². The van der Waals surface area contributed by atoms with E-state index in [0.29, 0.717) is 42.7 Å². The van der Waals surface area contributed by atoms with Crippen molar-refractivity contribution in [2.75, 3.05) is 30.3 Å². The van der Waals surface area contributed by atoms with Gasteiger partial charge in [-0.3, -0.25) is 0 Å². The molecule has 1 atom stereocenters. The lowest BCUT2D eigenvalue weighted by Gasteiger charge is -2.33. The SMILES string of the molecule is C=C/C(Cl)=C\N=C1/CC(c2ncc(F)c(NC[C@H]3CCCN(C(=O)Nc4cccc(C)c4)C3)n2)=CN1. The monoisotopic (exact) mass is 509 g/mol. The Labute approximate surface area is 215 Å². The summed E-state index contributed by atoms with van der Waals surface area (Å²) < 4.78 is 14.5. The second-order valence-corrected chi connectivity index (χ2v) is 9.25. The molecular formula is C26H29ClFN7O. The van der Waals surface area contributed by atoms with Crippen LogP contribution < -0.4 is 16.0 Å². The van der Waals surface area contributed by atoms with E-state index in [4.69, 9.17) is 11.6 Å². The number of allylic oxidation sites excluding steroid dienone is 2. The number of aryl methyl sites for hydroxylation is 1. The average Bonchev–Trinajstić information content (AvgIpc) is 3.36. The first-order valence-corrected chi connectivity index (χ1v) is 12.2. The topological polar surface area (TPSA) is 94.5 Å². The Hall–Kier alpha value is -3.72. The van der Waals surface area contributed by atoms with E-state index < -0.39 is 5.82 Å². The van der Waals surface area contributed by atoms with E-state index in [-0.39, 0.29) is 17.8 Å². The summed E-state index contributed by atoms with van der Waals surface area (Å²) in [4.78, 5) is 27.3. The van der Waals surface area contributed by atoms with E-state index in [1.165, 1.54) is 12.3 Å². The van der Waals surface area contributed by atoms with Crippen molar-refractivity contribution in [1.29, 1.82) is 0 Å². The van der Waals surface area contributed by atoms with Gasteiger partial charge in [-0.15, -0.1) is 0 Å².